The van der Waals surface area contributed by atoms with Gasteiger partial charge in [0, 0.05) is 12.0 Å². The molecule has 7 nitrogen and oxygen atoms in total. The summed E-state index contributed by atoms with van der Waals surface area (Å²) in [6.45, 7) is 5.80. The third-order valence-corrected chi connectivity index (χ3v) is 7.10. The number of nitrogens with one attached hydrogen (secondary N) is 2. The van der Waals surface area contributed by atoms with Gasteiger partial charge in [-0.2, -0.15) is 0 Å². The van der Waals surface area contributed by atoms with Crippen molar-refractivity contribution in [3.05, 3.63) is 59.7 Å². The second-order valence-corrected chi connectivity index (χ2v) is 10.7. The summed E-state index contributed by atoms with van der Waals surface area (Å²) in [5.74, 6) is -1.65. The molecule has 7 heteroatoms. The van der Waals surface area contributed by atoms with Gasteiger partial charge in [0.2, 0.25) is 5.91 Å². The average Bonchev–Trinajstić information content (AvgIpc) is 3.14. The second kappa shape index (κ2) is 10.1. The van der Waals surface area contributed by atoms with Crippen LogP contribution in [0.15, 0.2) is 48.5 Å². The number of hydrogen-bond acceptors (Lipinski definition) is 4. The zero-order valence-corrected chi connectivity index (χ0v) is 20.5. The fraction of sp³-hybridized carbons (Fsp3) is 0.464. The standard InChI is InChI=1S/C28H34N2O5/c1-28(2,3)24(25(31)29-18-10-8-9-17(15-18)26(32)33)30-27(34)35-16-23-21-13-6-4-11-19(21)20-12-5-7-14-22(20)23/h4-7,11-14,17-18,23-24H,8-10,15-16H2,1-3H3,(H,29,31)(H,30,34)(H,32,33). The lowest BCUT2D eigenvalue weighted by Gasteiger charge is -2.33. The summed E-state index contributed by atoms with van der Waals surface area (Å²) < 4.78 is 5.65. The van der Waals surface area contributed by atoms with Gasteiger partial charge in [-0.1, -0.05) is 75.7 Å². The number of amides is 2. The highest BCUT2D eigenvalue weighted by Crippen LogP contribution is 2.44. The molecule has 0 spiro atoms. The maximum Gasteiger partial charge on any atom is 0.407 e. The molecule has 1 fully saturated rings. The third kappa shape index (κ3) is 5.50. The monoisotopic (exact) mass is 478 g/mol. The van der Waals surface area contributed by atoms with Crippen LogP contribution < -0.4 is 10.6 Å². The summed E-state index contributed by atoms with van der Waals surface area (Å²) in [4.78, 5) is 37.3. The number of rotatable bonds is 6. The van der Waals surface area contributed by atoms with E-state index in [1.807, 2.05) is 45.0 Å². The Morgan fingerprint density at radius 2 is 1.60 bits per heavy atom. The largest absolute Gasteiger partial charge is 0.481 e. The summed E-state index contributed by atoms with van der Waals surface area (Å²) >= 11 is 0. The Morgan fingerprint density at radius 1 is 1.00 bits per heavy atom. The van der Waals surface area contributed by atoms with Crippen LogP contribution in [0.4, 0.5) is 4.79 Å². The maximum atomic E-state index is 13.1. The lowest BCUT2D eigenvalue weighted by molar-refractivity contribution is -0.143. The number of carboxylic acids is 1. The first-order chi connectivity index (χ1) is 16.6. The quantitative estimate of drug-likeness (QED) is 0.558. The number of alkyl carbamates (subject to hydrolysis) is 1. The van der Waals surface area contributed by atoms with Crippen molar-refractivity contribution in [1.82, 2.24) is 10.6 Å². The molecule has 0 radical (unpaired) electrons. The summed E-state index contributed by atoms with van der Waals surface area (Å²) in [6, 6.07) is 15.2. The number of carboxylic acid groups (broad SMARTS) is 1. The number of benzene rings is 2. The van der Waals surface area contributed by atoms with Gasteiger partial charge < -0.3 is 20.5 Å². The molecule has 2 aliphatic carbocycles. The molecular formula is C28H34N2O5. The minimum atomic E-state index is -0.826. The van der Waals surface area contributed by atoms with E-state index in [0.29, 0.717) is 12.8 Å². The van der Waals surface area contributed by atoms with Gasteiger partial charge >= 0.3 is 12.1 Å². The van der Waals surface area contributed by atoms with Gasteiger partial charge in [-0.3, -0.25) is 9.59 Å². The molecule has 2 aromatic rings. The van der Waals surface area contributed by atoms with Crippen LogP contribution in [-0.4, -0.2) is 41.8 Å². The molecule has 186 valence electrons. The van der Waals surface area contributed by atoms with Crippen LogP contribution in [0.1, 0.15) is 63.5 Å². The number of carbonyl (C=O) groups is 3. The van der Waals surface area contributed by atoms with Gasteiger partial charge in [-0.05, 0) is 46.9 Å². The van der Waals surface area contributed by atoms with Gasteiger partial charge in [0.25, 0.3) is 0 Å². The van der Waals surface area contributed by atoms with Gasteiger partial charge in [-0.25, -0.2) is 4.79 Å². The topological polar surface area (TPSA) is 105 Å². The van der Waals surface area contributed by atoms with Gasteiger partial charge in [-0.15, -0.1) is 0 Å². The lowest BCUT2D eigenvalue weighted by atomic mass is 9.83. The third-order valence-electron chi connectivity index (χ3n) is 7.10. The number of fused-ring (bicyclic) bond motifs is 3. The van der Waals surface area contributed by atoms with E-state index in [1.54, 1.807) is 0 Å². The van der Waals surface area contributed by atoms with Crippen LogP contribution in [0, 0.1) is 11.3 Å². The maximum absolute atomic E-state index is 13.1. The van der Waals surface area contributed by atoms with Crippen LogP contribution in [0.5, 0.6) is 0 Å². The van der Waals surface area contributed by atoms with E-state index in [-0.39, 0.29) is 24.5 Å². The van der Waals surface area contributed by atoms with Crippen LogP contribution >= 0.6 is 0 Å². The van der Waals surface area contributed by atoms with Crippen LogP contribution in [0.3, 0.4) is 0 Å². The van der Waals surface area contributed by atoms with Crippen molar-refractivity contribution in [3.63, 3.8) is 0 Å². The molecule has 1 saturated carbocycles. The molecule has 4 rings (SSSR count). The zero-order valence-electron chi connectivity index (χ0n) is 20.5. The number of carbonyl (C=O) groups excluding carboxylic acids is 2. The van der Waals surface area contributed by atoms with Gasteiger partial charge in [0.1, 0.15) is 12.6 Å². The highest BCUT2D eigenvalue weighted by molar-refractivity contribution is 5.87. The van der Waals surface area contributed by atoms with Crippen molar-refractivity contribution in [2.45, 2.75) is 64.5 Å². The van der Waals surface area contributed by atoms with E-state index in [1.165, 1.54) is 0 Å². The highest BCUT2D eigenvalue weighted by Gasteiger charge is 2.36. The molecule has 35 heavy (non-hydrogen) atoms. The SMILES string of the molecule is CC(C)(C)C(NC(=O)OCC1c2ccccc2-c2ccccc21)C(=O)NC1CCCC(C(=O)O)C1. The minimum Gasteiger partial charge on any atom is -0.481 e. The van der Waals surface area contributed by atoms with Crippen LogP contribution in [-0.2, 0) is 14.3 Å². The molecule has 2 amide bonds. The Kier molecular flexibility index (Phi) is 7.15. The summed E-state index contributed by atoms with van der Waals surface area (Å²) in [5.41, 5.74) is 3.98. The van der Waals surface area contributed by atoms with Crippen molar-refractivity contribution in [3.8, 4) is 11.1 Å². The van der Waals surface area contributed by atoms with E-state index in [0.717, 1.165) is 35.1 Å². The molecular weight excluding hydrogens is 444 g/mol. The molecule has 0 heterocycles. The summed E-state index contributed by atoms with van der Waals surface area (Å²) in [7, 11) is 0. The first-order valence-corrected chi connectivity index (χ1v) is 12.3. The second-order valence-electron chi connectivity index (χ2n) is 10.7. The van der Waals surface area contributed by atoms with Crippen molar-refractivity contribution < 1.29 is 24.2 Å². The zero-order chi connectivity index (χ0) is 25.2. The molecule has 2 aromatic carbocycles. The Labute approximate surface area is 206 Å². The van der Waals surface area contributed by atoms with E-state index in [4.69, 9.17) is 4.74 Å². The summed E-state index contributed by atoms with van der Waals surface area (Å²) in [6.07, 6.45) is 1.87. The molecule has 3 N–H and O–H groups in total. The average molecular weight is 479 g/mol. The van der Waals surface area contributed by atoms with Crippen molar-refractivity contribution >= 4 is 18.0 Å². The van der Waals surface area contributed by atoms with E-state index < -0.39 is 29.4 Å². The number of ether oxygens (including phenoxy) is 1. The molecule has 0 saturated heterocycles. The first kappa shape index (κ1) is 24.8. The van der Waals surface area contributed by atoms with Crippen molar-refractivity contribution in [2.24, 2.45) is 11.3 Å². The lowest BCUT2D eigenvalue weighted by Crippen LogP contribution is -2.56. The number of aliphatic carboxylic acids is 1. The Morgan fingerprint density at radius 3 is 2.17 bits per heavy atom. The van der Waals surface area contributed by atoms with Crippen molar-refractivity contribution in [2.75, 3.05) is 6.61 Å². The number of hydrogen-bond donors (Lipinski definition) is 3. The molecule has 3 atom stereocenters. The Balaban J connectivity index is 1.40. The normalized spacial score (nSPS) is 20.3. The van der Waals surface area contributed by atoms with E-state index in [2.05, 4.69) is 34.9 Å². The predicted molar refractivity (Wildman–Crippen MR) is 133 cm³/mol. The highest BCUT2D eigenvalue weighted by atomic mass is 16.5. The van der Waals surface area contributed by atoms with Gasteiger partial charge in [0.05, 0.1) is 5.92 Å². The van der Waals surface area contributed by atoms with E-state index in [9.17, 15) is 19.5 Å². The molecule has 3 unspecified atom stereocenters. The molecule has 2 aliphatic rings. The van der Waals surface area contributed by atoms with Crippen LogP contribution in [0.25, 0.3) is 11.1 Å². The summed E-state index contributed by atoms with van der Waals surface area (Å²) in [5, 5.41) is 15.1. The first-order valence-electron chi connectivity index (χ1n) is 12.3. The van der Waals surface area contributed by atoms with Crippen molar-refractivity contribution in [1.29, 1.82) is 0 Å². The predicted octanol–water partition coefficient (Wildman–Crippen LogP) is 4.70. The smallest absolute Gasteiger partial charge is 0.407 e. The Hall–Kier alpha value is -3.35. The van der Waals surface area contributed by atoms with Crippen LogP contribution in [0.2, 0.25) is 0 Å². The Bertz CT molecular complexity index is 1060. The fourth-order valence-electron chi connectivity index (χ4n) is 5.26. The fourth-order valence-corrected chi connectivity index (χ4v) is 5.26. The van der Waals surface area contributed by atoms with E-state index >= 15 is 0 Å². The van der Waals surface area contributed by atoms with Gasteiger partial charge in [0.15, 0.2) is 0 Å². The molecule has 0 aromatic heterocycles. The molecule has 0 bridgehead atoms. The molecule has 0 aliphatic heterocycles. The minimum absolute atomic E-state index is 0.0646.